The average Bonchev–Trinajstić information content (AvgIpc) is 2.01. The Labute approximate surface area is 96.2 Å². The molecule has 0 aromatic rings. The second-order valence-corrected chi connectivity index (χ2v) is 5.92. The van der Waals surface area contributed by atoms with E-state index in [0.717, 1.165) is 23.9 Å². The number of fused-ring (bicyclic) bond motifs is 2. The molecule has 3 aliphatic heterocycles. The first-order valence-electron chi connectivity index (χ1n) is 6.38. The van der Waals surface area contributed by atoms with Crippen LogP contribution in [0.2, 0.25) is 0 Å². The number of nitrogens with one attached hydrogen (secondary N) is 2. The van der Waals surface area contributed by atoms with E-state index in [1.165, 1.54) is 19.5 Å². The molecule has 3 heterocycles. The predicted octanol–water partition coefficient (Wildman–Crippen LogP) is 2.64. The highest BCUT2D eigenvalue weighted by atomic mass is 15.1. The maximum Gasteiger partial charge on any atom is 0.0210 e. The van der Waals surface area contributed by atoms with Gasteiger partial charge in [-0.2, -0.15) is 0 Å². The van der Waals surface area contributed by atoms with E-state index in [4.69, 9.17) is 0 Å². The Morgan fingerprint density at radius 3 is 1.13 bits per heavy atom. The first-order valence-corrected chi connectivity index (χ1v) is 6.38. The van der Waals surface area contributed by atoms with E-state index in [2.05, 4.69) is 52.2 Å². The van der Waals surface area contributed by atoms with E-state index < -0.39 is 0 Å². The maximum absolute atomic E-state index is 3.42. The summed E-state index contributed by atoms with van der Waals surface area (Å²) in [6, 6.07) is 1.64. The van der Waals surface area contributed by atoms with Crippen LogP contribution < -0.4 is 10.6 Å². The smallest absolute Gasteiger partial charge is 0.0210 e. The quantitative estimate of drug-likeness (QED) is 0.648. The molecule has 2 bridgehead atoms. The highest BCUT2D eigenvalue weighted by Crippen LogP contribution is 2.13. The van der Waals surface area contributed by atoms with Crippen molar-refractivity contribution in [3.63, 3.8) is 0 Å². The fourth-order valence-electron chi connectivity index (χ4n) is 1.37. The van der Waals surface area contributed by atoms with Crippen LogP contribution in [0.1, 0.15) is 48.0 Å². The Morgan fingerprint density at radius 1 is 0.800 bits per heavy atom. The van der Waals surface area contributed by atoms with Gasteiger partial charge < -0.3 is 10.6 Å². The molecular formula is C13H30N2. The molecule has 2 atom stereocenters. The molecule has 15 heavy (non-hydrogen) atoms. The molecule has 3 rings (SSSR count). The summed E-state index contributed by atoms with van der Waals surface area (Å²) >= 11 is 0. The Hall–Kier alpha value is -0.0800. The normalized spacial score (nSPS) is 27.2. The largest absolute Gasteiger partial charge is 0.314 e. The maximum atomic E-state index is 3.42. The Balaban J connectivity index is 0.000000216. The zero-order valence-electron chi connectivity index (χ0n) is 11.4. The van der Waals surface area contributed by atoms with Gasteiger partial charge in [0, 0.05) is 25.2 Å². The second kappa shape index (κ2) is 8.12. The minimum atomic E-state index is 0.818. The van der Waals surface area contributed by atoms with Crippen LogP contribution in [0.4, 0.5) is 0 Å². The highest BCUT2D eigenvalue weighted by Gasteiger charge is 2.31. The third-order valence-corrected chi connectivity index (χ3v) is 1.82. The summed E-state index contributed by atoms with van der Waals surface area (Å²) in [5, 5.41) is 6.74. The van der Waals surface area contributed by atoms with Crippen LogP contribution in [0.15, 0.2) is 0 Å². The van der Waals surface area contributed by atoms with Crippen LogP contribution in [0.5, 0.6) is 0 Å². The fraction of sp³-hybridized carbons (Fsp3) is 1.00. The molecule has 3 saturated heterocycles. The number of hydrogen-bond donors (Lipinski definition) is 2. The average molecular weight is 214 g/mol. The Kier molecular flexibility index (Phi) is 8.07. The second-order valence-electron chi connectivity index (χ2n) is 5.92. The monoisotopic (exact) mass is 214 g/mol. The van der Waals surface area contributed by atoms with Crippen molar-refractivity contribution in [1.29, 1.82) is 0 Å². The van der Waals surface area contributed by atoms with Crippen molar-refractivity contribution < 1.29 is 0 Å². The zero-order valence-corrected chi connectivity index (χ0v) is 11.4. The Morgan fingerprint density at radius 2 is 1.07 bits per heavy atom. The molecule has 92 valence electrons. The van der Waals surface area contributed by atoms with Crippen LogP contribution in [0.25, 0.3) is 0 Å². The van der Waals surface area contributed by atoms with Crippen molar-refractivity contribution >= 4 is 0 Å². The van der Waals surface area contributed by atoms with Gasteiger partial charge in [-0.1, -0.05) is 41.5 Å². The third-order valence-electron chi connectivity index (χ3n) is 1.82. The lowest BCUT2D eigenvalue weighted by molar-refractivity contribution is 0.201. The van der Waals surface area contributed by atoms with Gasteiger partial charge >= 0.3 is 0 Å². The lowest BCUT2D eigenvalue weighted by Crippen LogP contribution is -2.65. The standard InChI is InChI=1S/C5H10N2.2C4H10/c1-4-2-6-3-5(1)7-4;2*1-4(2)3/h4-7H,1-3H2;2*4H,1-3H3. The molecule has 3 aliphatic rings. The fourth-order valence-corrected chi connectivity index (χ4v) is 1.37. The van der Waals surface area contributed by atoms with Crippen LogP contribution in [0, 0.1) is 11.8 Å². The van der Waals surface area contributed by atoms with Crippen molar-refractivity contribution in [2.24, 2.45) is 11.8 Å². The van der Waals surface area contributed by atoms with E-state index in [0.29, 0.717) is 0 Å². The summed E-state index contributed by atoms with van der Waals surface area (Å²) in [6.45, 7) is 15.4. The third kappa shape index (κ3) is 10.2. The summed E-state index contributed by atoms with van der Waals surface area (Å²) in [5.74, 6) is 1.67. The van der Waals surface area contributed by atoms with E-state index in [9.17, 15) is 0 Å². The number of rotatable bonds is 0. The Bertz CT molecular complexity index is 112. The van der Waals surface area contributed by atoms with E-state index in [1.807, 2.05) is 0 Å². The van der Waals surface area contributed by atoms with Crippen molar-refractivity contribution in [3.8, 4) is 0 Å². The van der Waals surface area contributed by atoms with Gasteiger partial charge in [0.25, 0.3) is 0 Å². The van der Waals surface area contributed by atoms with Gasteiger partial charge in [-0.05, 0) is 18.3 Å². The first-order chi connectivity index (χ1) is 6.91. The molecule has 0 aliphatic carbocycles. The molecule has 0 spiro atoms. The summed E-state index contributed by atoms with van der Waals surface area (Å²) in [6.07, 6.45) is 1.41. The molecular weight excluding hydrogens is 184 g/mol. The molecule has 0 radical (unpaired) electrons. The predicted molar refractivity (Wildman–Crippen MR) is 69.2 cm³/mol. The summed E-state index contributed by atoms with van der Waals surface area (Å²) < 4.78 is 0. The number of hydrogen-bond acceptors (Lipinski definition) is 2. The molecule has 2 nitrogen and oxygen atoms in total. The lowest BCUT2D eigenvalue weighted by Gasteiger charge is -2.42. The van der Waals surface area contributed by atoms with Crippen LogP contribution in [0.3, 0.4) is 0 Å². The molecule has 0 saturated carbocycles. The highest BCUT2D eigenvalue weighted by molar-refractivity contribution is 4.95. The van der Waals surface area contributed by atoms with Crippen molar-refractivity contribution in [2.45, 2.75) is 60.0 Å². The summed E-state index contributed by atoms with van der Waals surface area (Å²) in [4.78, 5) is 0. The molecule has 0 aromatic carbocycles. The van der Waals surface area contributed by atoms with Crippen LogP contribution in [-0.2, 0) is 0 Å². The molecule has 3 fully saturated rings. The minimum absolute atomic E-state index is 0.818. The SMILES string of the molecule is C1NCC2CC1N2.CC(C)C.CC(C)C. The van der Waals surface area contributed by atoms with Gasteiger partial charge in [0.1, 0.15) is 0 Å². The first kappa shape index (κ1) is 14.9. The van der Waals surface area contributed by atoms with Gasteiger partial charge in [0.05, 0.1) is 0 Å². The topological polar surface area (TPSA) is 24.1 Å². The van der Waals surface area contributed by atoms with Crippen molar-refractivity contribution in [2.75, 3.05) is 13.1 Å². The number of piperazine rings is 1. The van der Waals surface area contributed by atoms with Crippen molar-refractivity contribution in [3.05, 3.63) is 0 Å². The van der Waals surface area contributed by atoms with Crippen LogP contribution in [-0.4, -0.2) is 25.2 Å². The van der Waals surface area contributed by atoms with E-state index >= 15 is 0 Å². The van der Waals surface area contributed by atoms with Crippen LogP contribution >= 0.6 is 0 Å². The minimum Gasteiger partial charge on any atom is -0.314 e. The van der Waals surface area contributed by atoms with Gasteiger partial charge in [-0.3, -0.25) is 0 Å². The number of piperidine rings is 1. The lowest BCUT2D eigenvalue weighted by atomic mass is 9.93. The molecule has 0 amide bonds. The van der Waals surface area contributed by atoms with E-state index in [-0.39, 0.29) is 0 Å². The zero-order chi connectivity index (χ0) is 11.8. The van der Waals surface area contributed by atoms with Gasteiger partial charge in [0.15, 0.2) is 0 Å². The van der Waals surface area contributed by atoms with Gasteiger partial charge in [0.2, 0.25) is 0 Å². The van der Waals surface area contributed by atoms with Gasteiger partial charge in [-0.25, -0.2) is 0 Å². The van der Waals surface area contributed by atoms with Gasteiger partial charge in [-0.15, -0.1) is 0 Å². The molecule has 2 N–H and O–H groups in total. The molecule has 0 aromatic heterocycles. The van der Waals surface area contributed by atoms with Crippen molar-refractivity contribution in [1.82, 2.24) is 10.6 Å². The summed E-state index contributed by atoms with van der Waals surface area (Å²) in [5.41, 5.74) is 0. The van der Waals surface area contributed by atoms with E-state index in [1.54, 1.807) is 0 Å². The summed E-state index contributed by atoms with van der Waals surface area (Å²) in [7, 11) is 0. The molecule has 2 heteroatoms. The molecule has 2 unspecified atom stereocenters.